The van der Waals surface area contributed by atoms with Crippen molar-refractivity contribution in [3.05, 3.63) is 90.1 Å². The predicted octanol–water partition coefficient (Wildman–Crippen LogP) is 5.85. The van der Waals surface area contributed by atoms with Crippen molar-refractivity contribution >= 4 is 11.8 Å². The van der Waals surface area contributed by atoms with E-state index in [0.717, 1.165) is 31.3 Å². The van der Waals surface area contributed by atoms with Gasteiger partial charge in [-0.2, -0.15) is 0 Å². The van der Waals surface area contributed by atoms with Crippen LogP contribution < -0.4 is 4.74 Å². The molecular formula is C27H32O5. The van der Waals surface area contributed by atoms with Gasteiger partial charge in [0, 0.05) is 0 Å². The van der Waals surface area contributed by atoms with E-state index >= 15 is 0 Å². The zero-order valence-electron chi connectivity index (χ0n) is 18.9. The minimum Gasteiger partial charge on any atom is -0.481 e. The monoisotopic (exact) mass is 436 g/mol. The van der Waals surface area contributed by atoms with Gasteiger partial charge in [0.05, 0.1) is 17.8 Å². The summed E-state index contributed by atoms with van der Waals surface area (Å²) in [5.74, 6) is -1.08. The van der Waals surface area contributed by atoms with E-state index in [-0.39, 0.29) is 17.1 Å². The fourth-order valence-corrected chi connectivity index (χ4v) is 3.28. The van der Waals surface area contributed by atoms with E-state index in [4.69, 9.17) is 14.6 Å². The predicted molar refractivity (Wildman–Crippen MR) is 127 cm³/mol. The highest BCUT2D eigenvalue weighted by atomic mass is 16.5. The van der Waals surface area contributed by atoms with Crippen molar-refractivity contribution in [2.24, 2.45) is 0 Å². The molecule has 0 saturated carbocycles. The van der Waals surface area contributed by atoms with Crippen LogP contribution in [0.5, 0.6) is 5.75 Å². The second-order valence-electron chi connectivity index (χ2n) is 7.96. The van der Waals surface area contributed by atoms with E-state index in [0.29, 0.717) is 12.2 Å². The van der Waals surface area contributed by atoms with E-state index in [1.807, 2.05) is 12.2 Å². The number of carbonyl (C=O) groups is 2. The Hall–Kier alpha value is -3.18. The van der Waals surface area contributed by atoms with Crippen molar-refractivity contribution in [1.29, 1.82) is 0 Å². The van der Waals surface area contributed by atoms with Crippen LogP contribution in [0.15, 0.2) is 84.5 Å². The minimum atomic E-state index is -1.09. The van der Waals surface area contributed by atoms with Crippen LogP contribution in [0.4, 0.5) is 0 Å². The lowest BCUT2D eigenvalue weighted by Gasteiger charge is -2.32. The molecule has 1 atom stereocenters. The number of carboxylic acids is 1. The molecular weight excluding hydrogens is 404 g/mol. The second-order valence-corrected chi connectivity index (χ2v) is 7.96. The van der Waals surface area contributed by atoms with Gasteiger partial charge in [0.25, 0.3) is 0 Å². The summed E-state index contributed by atoms with van der Waals surface area (Å²) in [6.45, 7) is 7.96. The van der Waals surface area contributed by atoms with Gasteiger partial charge in [-0.3, -0.25) is 4.79 Å². The number of hydrogen-bond donors (Lipinski definition) is 1. The normalized spacial score (nSPS) is 17.6. The molecule has 0 amide bonds. The van der Waals surface area contributed by atoms with Gasteiger partial charge < -0.3 is 14.6 Å². The number of carboxylic acid groups (broad SMARTS) is 1. The lowest BCUT2D eigenvalue weighted by Crippen LogP contribution is -2.31. The molecule has 0 saturated heterocycles. The Bertz CT molecular complexity index is 931. The van der Waals surface area contributed by atoms with Gasteiger partial charge in [-0.15, -0.1) is 6.58 Å². The molecule has 0 bridgehead atoms. The SMILES string of the molecule is C=CCCCC1(OCC=C(C)C)C=CC(C=CC(=O)c2ccccc2OCC(=O)O)=CC1. The Balaban J connectivity index is 2.07. The van der Waals surface area contributed by atoms with E-state index < -0.39 is 12.6 Å². The molecule has 0 heterocycles. The van der Waals surface area contributed by atoms with Crippen LogP contribution >= 0.6 is 0 Å². The second kappa shape index (κ2) is 12.6. The molecule has 1 aromatic rings. The Morgan fingerprint density at radius 1 is 1.25 bits per heavy atom. The van der Waals surface area contributed by atoms with Gasteiger partial charge in [0.15, 0.2) is 12.4 Å². The van der Waals surface area contributed by atoms with Crippen LogP contribution in [0.2, 0.25) is 0 Å². The molecule has 1 N–H and O–H groups in total. The number of ketones is 1. The van der Waals surface area contributed by atoms with Crippen molar-refractivity contribution < 1.29 is 24.2 Å². The molecule has 5 nitrogen and oxygen atoms in total. The Morgan fingerprint density at radius 2 is 2.03 bits per heavy atom. The summed E-state index contributed by atoms with van der Waals surface area (Å²) in [6, 6.07) is 6.63. The van der Waals surface area contributed by atoms with Crippen LogP contribution in [0, 0.1) is 0 Å². The van der Waals surface area contributed by atoms with E-state index in [1.165, 1.54) is 11.6 Å². The summed E-state index contributed by atoms with van der Waals surface area (Å²) < 4.78 is 11.5. The lowest BCUT2D eigenvalue weighted by atomic mass is 9.87. The highest BCUT2D eigenvalue weighted by molar-refractivity contribution is 6.06. The standard InChI is InChI=1S/C27H32O5/c1-4-5-8-16-27(32-19-15-21(2)3)17-13-22(14-18-27)11-12-24(28)23-9-6-7-10-25(23)31-20-26(29)30/h4,6-7,9-15,17H,1,5,8,16,18-20H2,2-3H3,(H,29,30). The molecule has 170 valence electrons. The highest BCUT2D eigenvalue weighted by Crippen LogP contribution is 2.31. The number of carbonyl (C=O) groups excluding carboxylic acids is 1. The molecule has 32 heavy (non-hydrogen) atoms. The number of ether oxygens (including phenoxy) is 2. The highest BCUT2D eigenvalue weighted by Gasteiger charge is 2.28. The number of para-hydroxylation sites is 1. The molecule has 0 fully saturated rings. The summed E-state index contributed by atoms with van der Waals surface area (Å²) in [4.78, 5) is 23.4. The molecule has 1 aromatic carbocycles. The van der Waals surface area contributed by atoms with Crippen LogP contribution in [0.1, 0.15) is 49.9 Å². The summed E-state index contributed by atoms with van der Waals surface area (Å²) in [6.07, 6.45) is 16.9. The quantitative estimate of drug-likeness (QED) is 0.182. The maximum absolute atomic E-state index is 12.7. The minimum absolute atomic E-state index is 0.247. The summed E-state index contributed by atoms with van der Waals surface area (Å²) >= 11 is 0. The Kier molecular flexibility index (Phi) is 9.89. The zero-order valence-corrected chi connectivity index (χ0v) is 18.9. The van der Waals surface area contributed by atoms with Crippen molar-refractivity contribution in [2.45, 2.75) is 45.1 Å². The third-order valence-electron chi connectivity index (χ3n) is 5.06. The molecule has 1 aliphatic rings. The maximum Gasteiger partial charge on any atom is 0.341 e. The van der Waals surface area contributed by atoms with Gasteiger partial charge in [-0.1, -0.05) is 54.2 Å². The summed E-state index contributed by atoms with van der Waals surface area (Å²) in [5.41, 5.74) is 2.12. The largest absolute Gasteiger partial charge is 0.481 e. The number of allylic oxidation sites excluding steroid dienone is 6. The smallest absolute Gasteiger partial charge is 0.341 e. The van der Waals surface area contributed by atoms with E-state index in [1.54, 1.807) is 30.3 Å². The molecule has 0 spiro atoms. The number of rotatable bonds is 13. The van der Waals surface area contributed by atoms with Crippen LogP contribution in [-0.4, -0.2) is 35.7 Å². The molecule has 2 rings (SSSR count). The van der Waals surface area contributed by atoms with Gasteiger partial charge in [0.1, 0.15) is 5.75 Å². The molecule has 5 heteroatoms. The van der Waals surface area contributed by atoms with Crippen molar-refractivity contribution in [2.75, 3.05) is 13.2 Å². The first kappa shape index (κ1) is 25.1. The number of hydrogen-bond acceptors (Lipinski definition) is 4. The maximum atomic E-state index is 12.7. The fourth-order valence-electron chi connectivity index (χ4n) is 3.28. The van der Waals surface area contributed by atoms with Crippen molar-refractivity contribution in [3.63, 3.8) is 0 Å². The van der Waals surface area contributed by atoms with Crippen LogP contribution in [0.25, 0.3) is 0 Å². The van der Waals surface area contributed by atoms with Gasteiger partial charge in [-0.05, 0) is 63.3 Å². The van der Waals surface area contributed by atoms with Crippen molar-refractivity contribution in [1.82, 2.24) is 0 Å². The first-order chi connectivity index (χ1) is 15.3. The van der Waals surface area contributed by atoms with E-state index in [2.05, 4.69) is 38.7 Å². The summed E-state index contributed by atoms with van der Waals surface area (Å²) in [7, 11) is 0. The fraction of sp³-hybridized carbons (Fsp3) is 0.333. The topological polar surface area (TPSA) is 72.8 Å². The first-order valence-corrected chi connectivity index (χ1v) is 10.8. The third-order valence-corrected chi connectivity index (χ3v) is 5.06. The van der Waals surface area contributed by atoms with Gasteiger partial charge in [-0.25, -0.2) is 4.79 Å². The molecule has 1 aliphatic carbocycles. The number of aliphatic carboxylic acids is 1. The van der Waals surface area contributed by atoms with Crippen LogP contribution in [0.3, 0.4) is 0 Å². The third kappa shape index (κ3) is 8.16. The van der Waals surface area contributed by atoms with E-state index in [9.17, 15) is 9.59 Å². The Morgan fingerprint density at radius 3 is 2.69 bits per heavy atom. The summed E-state index contributed by atoms with van der Waals surface area (Å²) in [5, 5.41) is 8.81. The molecule has 1 unspecified atom stereocenters. The number of unbranched alkanes of at least 4 members (excludes halogenated alkanes) is 1. The average Bonchev–Trinajstić information content (AvgIpc) is 2.77. The lowest BCUT2D eigenvalue weighted by molar-refractivity contribution is -0.139. The van der Waals surface area contributed by atoms with Crippen LogP contribution in [-0.2, 0) is 9.53 Å². The average molecular weight is 437 g/mol. The molecule has 0 aliphatic heterocycles. The first-order valence-electron chi connectivity index (χ1n) is 10.8. The zero-order chi connectivity index (χ0) is 23.4. The van der Waals surface area contributed by atoms with Crippen molar-refractivity contribution in [3.8, 4) is 5.75 Å². The van der Waals surface area contributed by atoms with Gasteiger partial charge in [0.2, 0.25) is 0 Å². The van der Waals surface area contributed by atoms with Gasteiger partial charge >= 0.3 is 5.97 Å². The molecule has 0 radical (unpaired) electrons. The Labute approximate surface area is 190 Å². The number of benzene rings is 1. The molecule has 0 aromatic heterocycles.